The summed E-state index contributed by atoms with van der Waals surface area (Å²) in [6.45, 7) is 0. The molecule has 1 aromatic rings. The molecule has 0 bridgehead atoms. The maximum absolute atomic E-state index is 10.7. The number of aryl methyl sites for hydroxylation is 2. The van der Waals surface area contributed by atoms with E-state index < -0.39 is 0 Å². The van der Waals surface area contributed by atoms with Crippen molar-refractivity contribution in [3.8, 4) is 0 Å². The molecule has 52 valence electrons. The fourth-order valence-electron chi connectivity index (χ4n) is 1.36. The van der Waals surface area contributed by atoms with Gasteiger partial charge in [0.1, 0.15) is 5.76 Å². The molecule has 0 radical (unpaired) electrons. The molecule has 0 aliphatic heterocycles. The van der Waals surface area contributed by atoms with E-state index in [9.17, 15) is 4.79 Å². The summed E-state index contributed by atoms with van der Waals surface area (Å²) in [6, 6.07) is 3.36. The number of hydrogen-bond donors (Lipinski definition) is 0. The van der Waals surface area contributed by atoms with Crippen molar-refractivity contribution in [1.82, 2.24) is 0 Å². The first-order chi connectivity index (χ1) is 4.86. The van der Waals surface area contributed by atoms with E-state index in [1.165, 1.54) is 11.6 Å². The molecule has 0 unspecified atom stereocenters. The molecule has 0 saturated heterocycles. The van der Waals surface area contributed by atoms with Crippen LogP contribution in [0.3, 0.4) is 0 Å². The Morgan fingerprint density at radius 2 is 2.20 bits per heavy atom. The predicted molar refractivity (Wildman–Crippen MR) is 37.0 cm³/mol. The summed E-state index contributed by atoms with van der Waals surface area (Å²) in [6.07, 6.45) is 3.13. The molecule has 0 saturated carbocycles. The van der Waals surface area contributed by atoms with Crippen molar-refractivity contribution >= 4 is 0 Å². The van der Waals surface area contributed by atoms with Crippen LogP contribution in [0.25, 0.3) is 0 Å². The molecule has 0 fully saturated rings. The Bertz CT molecular complexity index is 298. The molecule has 1 heterocycles. The van der Waals surface area contributed by atoms with Gasteiger partial charge in [-0.15, -0.1) is 0 Å². The van der Waals surface area contributed by atoms with Gasteiger partial charge in [0.05, 0.1) is 0 Å². The zero-order chi connectivity index (χ0) is 6.97. The van der Waals surface area contributed by atoms with Crippen molar-refractivity contribution < 1.29 is 4.42 Å². The standard InChI is InChI=1S/C8H8O2/c9-8-5-4-6-2-1-3-7(6)10-8/h4-5H,1-3H2. The molecule has 10 heavy (non-hydrogen) atoms. The van der Waals surface area contributed by atoms with Crippen LogP contribution < -0.4 is 5.63 Å². The van der Waals surface area contributed by atoms with Gasteiger partial charge >= 0.3 is 5.63 Å². The van der Waals surface area contributed by atoms with E-state index >= 15 is 0 Å². The van der Waals surface area contributed by atoms with Crippen molar-refractivity contribution in [2.45, 2.75) is 19.3 Å². The lowest BCUT2D eigenvalue weighted by molar-refractivity contribution is 0.466. The quantitative estimate of drug-likeness (QED) is 0.535. The van der Waals surface area contributed by atoms with Gasteiger partial charge in [-0.2, -0.15) is 0 Å². The fourth-order valence-corrected chi connectivity index (χ4v) is 1.36. The van der Waals surface area contributed by atoms with Crippen LogP contribution in [0.15, 0.2) is 21.3 Å². The monoisotopic (exact) mass is 136 g/mol. The first kappa shape index (κ1) is 5.71. The van der Waals surface area contributed by atoms with Crippen molar-refractivity contribution in [3.63, 3.8) is 0 Å². The largest absolute Gasteiger partial charge is 0.428 e. The van der Waals surface area contributed by atoms with E-state index in [0.717, 1.165) is 25.0 Å². The van der Waals surface area contributed by atoms with E-state index in [4.69, 9.17) is 4.42 Å². The summed E-state index contributed by atoms with van der Waals surface area (Å²) in [7, 11) is 0. The van der Waals surface area contributed by atoms with Gasteiger partial charge in [0.2, 0.25) is 0 Å². The second kappa shape index (κ2) is 1.97. The van der Waals surface area contributed by atoms with Gasteiger partial charge < -0.3 is 4.42 Å². The van der Waals surface area contributed by atoms with E-state index in [-0.39, 0.29) is 5.63 Å². The lowest BCUT2D eigenvalue weighted by Crippen LogP contribution is -1.97. The summed E-state index contributed by atoms with van der Waals surface area (Å²) >= 11 is 0. The van der Waals surface area contributed by atoms with Crippen LogP contribution in [-0.2, 0) is 12.8 Å². The van der Waals surface area contributed by atoms with Crippen LogP contribution in [0, 0.1) is 0 Å². The molecule has 1 aromatic heterocycles. The highest BCUT2D eigenvalue weighted by atomic mass is 16.4. The molecule has 1 aliphatic carbocycles. The molecule has 0 amide bonds. The van der Waals surface area contributed by atoms with E-state index in [2.05, 4.69) is 0 Å². The van der Waals surface area contributed by atoms with Crippen LogP contribution in [0.4, 0.5) is 0 Å². The summed E-state index contributed by atoms with van der Waals surface area (Å²) in [5.41, 5.74) is 0.986. The summed E-state index contributed by atoms with van der Waals surface area (Å²) in [4.78, 5) is 10.7. The zero-order valence-corrected chi connectivity index (χ0v) is 5.59. The molecule has 2 nitrogen and oxygen atoms in total. The van der Waals surface area contributed by atoms with Crippen LogP contribution in [0.1, 0.15) is 17.7 Å². The normalized spacial score (nSPS) is 15.2. The number of fused-ring (bicyclic) bond motifs is 1. The SMILES string of the molecule is O=c1ccc2c(o1)CCC2. The highest BCUT2D eigenvalue weighted by Gasteiger charge is 2.12. The van der Waals surface area contributed by atoms with Crippen molar-refractivity contribution in [3.05, 3.63) is 33.9 Å². The lowest BCUT2D eigenvalue weighted by atomic mass is 10.2. The first-order valence-corrected chi connectivity index (χ1v) is 3.48. The Balaban J connectivity index is 2.63. The zero-order valence-electron chi connectivity index (χ0n) is 5.59. The smallest absolute Gasteiger partial charge is 0.335 e. The van der Waals surface area contributed by atoms with Crippen LogP contribution in [-0.4, -0.2) is 0 Å². The summed E-state index contributed by atoms with van der Waals surface area (Å²) in [5.74, 6) is 0.896. The van der Waals surface area contributed by atoms with Crippen molar-refractivity contribution in [2.24, 2.45) is 0 Å². The van der Waals surface area contributed by atoms with Crippen LogP contribution >= 0.6 is 0 Å². The average Bonchev–Trinajstić information content (AvgIpc) is 2.33. The Labute approximate surface area is 58.5 Å². The highest BCUT2D eigenvalue weighted by molar-refractivity contribution is 5.21. The minimum Gasteiger partial charge on any atom is -0.428 e. The average molecular weight is 136 g/mol. The molecule has 0 atom stereocenters. The predicted octanol–water partition coefficient (Wildman–Crippen LogP) is 1.13. The first-order valence-electron chi connectivity index (χ1n) is 3.48. The fraction of sp³-hybridized carbons (Fsp3) is 0.375. The highest BCUT2D eigenvalue weighted by Crippen LogP contribution is 2.18. The number of hydrogen-bond acceptors (Lipinski definition) is 2. The maximum atomic E-state index is 10.7. The van der Waals surface area contributed by atoms with Gasteiger partial charge in [-0.3, -0.25) is 0 Å². The van der Waals surface area contributed by atoms with Crippen molar-refractivity contribution in [2.75, 3.05) is 0 Å². The molecule has 0 aromatic carbocycles. The minimum absolute atomic E-state index is 0.222. The van der Waals surface area contributed by atoms with E-state index in [0.29, 0.717) is 0 Å². The Morgan fingerprint density at radius 1 is 1.30 bits per heavy atom. The van der Waals surface area contributed by atoms with E-state index in [1.807, 2.05) is 6.07 Å². The minimum atomic E-state index is -0.222. The second-order valence-corrected chi connectivity index (χ2v) is 2.56. The Hall–Kier alpha value is -1.05. The van der Waals surface area contributed by atoms with Gasteiger partial charge in [-0.1, -0.05) is 0 Å². The van der Waals surface area contributed by atoms with Gasteiger partial charge in [-0.25, -0.2) is 4.79 Å². The van der Waals surface area contributed by atoms with Crippen molar-refractivity contribution in [1.29, 1.82) is 0 Å². The molecular formula is C8H8O2. The summed E-state index contributed by atoms with van der Waals surface area (Å²) < 4.78 is 4.96. The summed E-state index contributed by atoms with van der Waals surface area (Å²) in [5, 5.41) is 0. The van der Waals surface area contributed by atoms with Crippen LogP contribution in [0.5, 0.6) is 0 Å². The third-order valence-corrected chi connectivity index (χ3v) is 1.85. The molecule has 0 spiro atoms. The van der Waals surface area contributed by atoms with Gasteiger partial charge in [0.25, 0.3) is 0 Å². The van der Waals surface area contributed by atoms with Gasteiger partial charge in [0, 0.05) is 12.5 Å². The topological polar surface area (TPSA) is 30.2 Å². The third kappa shape index (κ3) is 0.764. The molecule has 1 aliphatic rings. The molecular weight excluding hydrogens is 128 g/mol. The lowest BCUT2D eigenvalue weighted by Gasteiger charge is -1.92. The van der Waals surface area contributed by atoms with Gasteiger partial charge in [0.15, 0.2) is 0 Å². The third-order valence-electron chi connectivity index (χ3n) is 1.85. The second-order valence-electron chi connectivity index (χ2n) is 2.56. The van der Waals surface area contributed by atoms with Gasteiger partial charge in [-0.05, 0) is 24.5 Å². The Kier molecular flexibility index (Phi) is 1.13. The van der Waals surface area contributed by atoms with Crippen LogP contribution in [0.2, 0.25) is 0 Å². The Morgan fingerprint density at radius 3 is 3.10 bits per heavy atom. The molecule has 0 N–H and O–H groups in total. The molecule has 2 heteroatoms. The van der Waals surface area contributed by atoms with E-state index in [1.54, 1.807) is 0 Å². The maximum Gasteiger partial charge on any atom is 0.335 e. The molecule has 2 rings (SSSR count). The number of rotatable bonds is 0.